The number of hydrogen-bond donors (Lipinski definition) is 2. The lowest BCUT2D eigenvalue weighted by molar-refractivity contribution is -0.174. The summed E-state index contributed by atoms with van der Waals surface area (Å²) in [5.41, 5.74) is -2.82. The topological polar surface area (TPSA) is 166 Å². The van der Waals surface area contributed by atoms with E-state index in [2.05, 4.69) is 40.5 Å². The van der Waals surface area contributed by atoms with Crippen molar-refractivity contribution in [3.63, 3.8) is 0 Å². The number of nitrogens with zero attached hydrogens (tertiary/aromatic N) is 7. The van der Waals surface area contributed by atoms with Gasteiger partial charge in [0.2, 0.25) is 17.7 Å². The van der Waals surface area contributed by atoms with Crippen molar-refractivity contribution >= 4 is 17.5 Å². The summed E-state index contributed by atoms with van der Waals surface area (Å²) in [6.07, 6.45) is -5.61. The van der Waals surface area contributed by atoms with Crippen LogP contribution in [0.1, 0.15) is 77.4 Å². The van der Waals surface area contributed by atoms with Gasteiger partial charge >= 0.3 is 12.1 Å². The van der Waals surface area contributed by atoms with Gasteiger partial charge in [0.15, 0.2) is 11.3 Å². The van der Waals surface area contributed by atoms with E-state index in [1.807, 2.05) is 0 Å². The lowest BCUT2D eigenvalue weighted by Gasteiger charge is -2.33. The molecule has 1 aliphatic heterocycles. The molecule has 47 heavy (non-hydrogen) atoms. The predicted molar refractivity (Wildman–Crippen MR) is 141 cm³/mol. The molecule has 3 atom stereocenters. The fourth-order valence-electron chi connectivity index (χ4n) is 6.15. The minimum Gasteiger partial charge on any atom is -0.420 e. The Morgan fingerprint density at radius 2 is 1.87 bits per heavy atom. The van der Waals surface area contributed by atoms with Crippen LogP contribution in [0, 0.1) is 25.2 Å². The number of imidazole rings is 1. The molecule has 6 rings (SSSR count). The van der Waals surface area contributed by atoms with Gasteiger partial charge in [-0.2, -0.15) is 27.1 Å². The SMILES string of the molecule is Cc1nnc(C(F)(F)[C@]2(Cc3cnn4cc([C@@H](NC(=O)c5nonc5C)C5CCC(F)(F)CC5)nc4c3)C[C@@H](C(F)(F)F)NC2=O)o1. The molecule has 13 nitrogen and oxygen atoms in total. The number of alkyl halides is 7. The molecule has 0 aromatic carbocycles. The number of amides is 2. The van der Waals surface area contributed by atoms with Crippen molar-refractivity contribution in [3.8, 4) is 0 Å². The summed E-state index contributed by atoms with van der Waals surface area (Å²) in [6, 6.07) is -2.25. The van der Waals surface area contributed by atoms with Crippen LogP contribution >= 0.6 is 0 Å². The van der Waals surface area contributed by atoms with E-state index in [1.54, 1.807) is 5.32 Å². The summed E-state index contributed by atoms with van der Waals surface area (Å²) in [5.74, 6) is -11.6. The van der Waals surface area contributed by atoms with Crippen molar-refractivity contribution in [1.29, 1.82) is 0 Å². The van der Waals surface area contributed by atoms with E-state index in [0.717, 1.165) is 6.20 Å². The standard InChI is InChI=1S/C27H26F7N9O4/c1-12-19(42-47-41-12)21(44)38-20(15-3-5-25(28,29)6-4-15)16-11-43-18(36-16)7-14(10-35-43)8-24(9-17(27(32,33)34)37-22(24)45)26(30,31)23-40-39-13(2)46-23/h7,10-11,15,17,20H,3-6,8-9H2,1-2H3,(H,37,45)(H,38,44)/t17-,20-,24+/m0/s1. The molecule has 1 saturated carbocycles. The van der Waals surface area contributed by atoms with Crippen LogP contribution in [0.25, 0.3) is 5.65 Å². The summed E-state index contributed by atoms with van der Waals surface area (Å²) in [7, 11) is 0. The molecule has 20 heteroatoms. The Bertz CT molecular complexity index is 1810. The van der Waals surface area contributed by atoms with Gasteiger partial charge < -0.3 is 15.1 Å². The maximum Gasteiger partial charge on any atom is 0.408 e. The van der Waals surface area contributed by atoms with Crippen molar-refractivity contribution < 1.29 is 49.4 Å². The molecule has 2 aliphatic rings. The number of halogens is 7. The van der Waals surface area contributed by atoms with Gasteiger partial charge in [-0.3, -0.25) is 9.59 Å². The van der Waals surface area contributed by atoms with Gasteiger partial charge in [0.05, 0.1) is 24.1 Å². The van der Waals surface area contributed by atoms with Crippen LogP contribution in [0.5, 0.6) is 0 Å². The van der Waals surface area contributed by atoms with Crippen molar-refractivity contribution in [2.75, 3.05) is 0 Å². The lowest BCUT2D eigenvalue weighted by Crippen LogP contribution is -2.47. The highest BCUT2D eigenvalue weighted by Crippen LogP contribution is 2.54. The van der Waals surface area contributed by atoms with Crippen molar-refractivity contribution in [2.45, 2.75) is 82.5 Å². The number of carbonyl (C=O) groups excluding carboxylic acids is 2. The average molecular weight is 674 g/mol. The first kappa shape index (κ1) is 32.3. The molecule has 2 N–H and O–H groups in total. The molecular weight excluding hydrogens is 647 g/mol. The quantitative estimate of drug-likeness (QED) is 0.259. The minimum absolute atomic E-state index is 0.0232. The Kier molecular flexibility index (Phi) is 7.73. The van der Waals surface area contributed by atoms with Gasteiger partial charge in [0, 0.05) is 19.8 Å². The third-order valence-electron chi connectivity index (χ3n) is 8.69. The first-order valence-electron chi connectivity index (χ1n) is 14.4. The second-order valence-corrected chi connectivity index (χ2v) is 11.9. The predicted octanol–water partition coefficient (Wildman–Crippen LogP) is 4.18. The maximum absolute atomic E-state index is 16.0. The van der Waals surface area contributed by atoms with E-state index in [9.17, 15) is 31.5 Å². The van der Waals surface area contributed by atoms with Crippen molar-refractivity contribution in [2.24, 2.45) is 11.3 Å². The van der Waals surface area contributed by atoms with E-state index in [1.165, 1.54) is 30.6 Å². The summed E-state index contributed by atoms with van der Waals surface area (Å²) >= 11 is 0. The van der Waals surface area contributed by atoms with Crippen LogP contribution in [0.2, 0.25) is 0 Å². The van der Waals surface area contributed by atoms with Gasteiger partial charge in [0.1, 0.15) is 17.2 Å². The highest BCUT2D eigenvalue weighted by atomic mass is 19.4. The number of rotatable bonds is 8. The van der Waals surface area contributed by atoms with Gasteiger partial charge in [-0.15, -0.1) is 10.2 Å². The average Bonchev–Trinajstić information content (AvgIpc) is 3.78. The molecule has 1 saturated heterocycles. The lowest BCUT2D eigenvalue weighted by atomic mass is 9.73. The molecule has 4 aromatic rings. The molecule has 4 aromatic heterocycles. The van der Waals surface area contributed by atoms with Gasteiger partial charge in [-0.05, 0) is 55.3 Å². The zero-order chi connectivity index (χ0) is 33.9. The smallest absolute Gasteiger partial charge is 0.408 e. The zero-order valence-corrected chi connectivity index (χ0v) is 24.6. The molecule has 2 amide bonds. The van der Waals surface area contributed by atoms with Crippen LogP contribution in [-0.4, -0.2) is 65.1 Å². The number of fused-ring (bicyclic) bond motifs is 1. The van der Waals surface area contributed by atoms with Crippen LogP contribution in [-0.2, 0) is 17.1 Å². The number of hydrogen-bond acceptors (Lipinski definition) is 10. The number of aryl methyl sites for hydroxylation is 2. The fourth-order valence-corrected chi connectivity index (χ4v) is 6.15. The van der Waals surface area contributed by atoms with E-state index >= 15 is 8.78 Å². The van der Waals surface area contributed by atoms with Crippen LogP contribution < -0.4 is 10.6 Å². The molecule has 252 valence electrons. The maximum atomic E-state index is 16.0. The Balaban J connectivity index is 1.35. The highest BCUT2D eigenvalue weighted by molar-refractivity contribution is 5.93. The summed E-state index contributed by atoms with van der Waals surface area (Å²) in [6.45, 7) is 2.69. The molecule has 1 aliphatic carbocycles. The summed E-state index contributed by atoms with van der Waals surface area (Å²) in [4.78, 5) is 30.6. The van der Waals surface area contributed by atoms with E-state index < -0.39 is 84.8 Å². The molecule has 2 fully saturated rings. The molecule has 0 bridgehead atoms. The van der Waals surface area contributed by atoms with Gasteiger partial charge in [0.25, 0.3) is 11.8 Å². The third-order valence-corrected chi connectivity index (χ3v) is 8.69. The number of aromatic nitrogens is 7. The summed E-state index contributed by atoms with van der Waals surface area (Å²) in [5, 5.41) is 22.3. The third kappa shape index (κ3) is 5.88. The normalized spacial score (nSPS) is 22.8. The molecule has 5 heterocycles. The van der Waals surface area contributed by atoms with Crippen molar-refractivity contribution in [3.05, 3.63) is 52.9 Å². The first-order chi connectivity index (χ1) is 22.0. The minimum atomic E-state index is -5.03. The van der Waals surface area contributed by atoms with Gasteiger partial charge in [-0.1, -0.05) is 5.16 Å². The Morgan fingerprint density at radius 1 is 1.15 bits per heavy atom. The number of nitrogens with one attached hydrogen (secondary N) is 2. The van der Waals surface area contributed by atoms with E-state index in [-0.39, 0.29) is 47.0 Å². The molecular formula is C27H26F7N9O4. The van der Waals surface area contributed by atoms with Crippen LogP contribution in [0.3, 0.4) is 0 Å². The van der Waals surface area contributed by atoms with E-state index in [0.29, 0.717) is 0 Å². The van der Waals surface area contributed by atoms with E-state index in [4.69, 9.17) is 4.42 Å². The van der Waals surface area contributed by atoms with Gasteiger partial charge in [-0.25, -0.2) is 22.9 Å². The molecule has 0 spiro atoms. The Morgan fingerprint density at radius 3 is 2.47 bits per heavy atom. The van der Waals surface area contributed by atoms with Crippen LogP contribution in [0.4, 0.5) is 30.7 Å². The zero-order valence-electron chi connectivity index (χ0n) is 24.6. The van der Waals surface area contributed by atoms with Crippen LogP contribution in [0.15, 0.2) is 27.5 Å². The molecule has 0 unspecified atom stereocenters. The Labute approximate surface area is 259 Å². The highest BCUT2D eigenvalue weighted by Gasteiger charge is 2.69. The number of carbonyl (C=O) groups is 2. The monoisotopic (exact) mass is 673 g/mol. The largest absolute Gasteiger partial charge is 0.420 e. The second kappa shape index (κ2) is 11.3. The van der Waals surface area contributed by atoms with Crippen molar-refractivity contribution in [1.82, 2.24) is 45.7 Å². The molecule has 0 radical (unpaired) electrons. The fraction of sp³-hybridized carbons (Fsp3) is 0.556. The first-order valence-corrected chi connectivity index (χ1v) is 14.4. The Hall–Kier alpha value is -4.65. The second-order valence-electron chi connectivity index (χ2n) is 11.9. The summed E-state index contributed by atoms with van der Waals surface area (Å²) < 4.78 is 112.